The van der Waals surface area contributed by atoms with E-state index in [-0.39, 0.29) is 19.1 Å². The minimum absolute atomic E-state index is 0.239. The molecule has 6 heteroatoms. The number of para-hydroxylation sites is 1. The van der Waals surface area contributed by atoms with Gasteiger partial charge in [-0.15, -0.1) is 0 Å². The van der Waals surface area contributed by atoms with Crippen LogP contribution >= 0.6 is 0 Å². The van der Waals surface area contributed by atoms with Crippen LogP contribution in [0.5, 0.6) is 5.75 Å². The van der Waals surface area contributed by atoms with E-state index in [1.54, 1.807) is 0 Å². The van der Waals surface area contributed by atoms with Crippen LogP contribution in [0.15, 0.2) is 53.6 Å². The first kappa shape index (κ1) is 18.6. The van der Waals surface area contributed by atoms with E-state index >= 15 is 0 Å². The van der Waals surface area contributed by atoms with Gasteiger partial charge in [-0.3, -0.25) is 4.79 Å². The number of esters is 1. The van der Waals surface area contributed by atoms with Crippen molar-refractivity contribution in [1.82, 2.24) is 5.01 Å². The lowest BCUT2D eigenvalue weighted by atomic mass is 10.1. The van der Waals surface area contributed by atoms with Crippen LogP contribution in [0.1, 0.15) is 23.1 Å². The molecule has 0 saturated carbocycles. The van der Waals surface area contributed by atoms with Gasteiger partial charge in [0, 0.05) is 6.42 Å². The van der Waals surface area contributed by atoms with Gasteiger partial charge in [0.1, 0.15) is 5.75 Å². The SMILES string of the molecule is Cc1cccc(C)c1OCC(=O)OCC(=O)N1CCC(c2ccccc2)=N1. The summed E-state index contributed by atoms with van der Waals surface area (Å²) in [6.07, 6.45) is 0.680. The Hall–Kier alpha value is -3.15. The summed E-state index contributed by atoms with van der Waals surface area (Å²) in [5.74, 6) is -0.267. The summed E-state index contributed by atoms with van der Waals surface area (Å²) in [5.41, 5.74) is 3.73. The van der Waals surface area contributed by atoms with Gasteiger partial charge in [-0.05, 0) is 30.5 Å². The zero-order chi connectivity index (χ0) is 19.2. The van der Waals surface area contributed by atoms with Crippen LogP contribution in [0.3, 0.4) is 0 Å². The van der Waals surface area contributed by atoms with E-state index in [0.717, 1.165) is 22.4 Å². The van der Waals surface area contributed by atoms with Crippen molar-refractivity contribution >= 4 is 17.6 Å². The molecule has 0 spiro atoms. The molecule has 1 amide bonds. The normalized spacial score (nSPS) is 13.3. The summed E-state index contributed by atoms with van der Waals surface area (Å²) in [7, 11) is 0. The monoisotopic (exact) mass is 366 g/mol. The number of nitrogens with zero attached hydrogens (tertiary/aromatic N) is 2. The van der Waals surface area contributed by atoms with Crippen LogP contribution in [0.25, 0.3) is 0 Å². The molecule has 0 fully saturated rings. The Balaban J connectivity index is 1.48. The number of aryl methyl sites for hydroxylation is 2. The number of carbonyl (C=O) groups excluding carboxylic acids is 2. The lowest BCUT2D eigenvalue weighted by Crippen LogP contribution is -2.30. The number of carbonyl (C=O) groups is 2. The molecule has 0 saturated heterocycles. The number of benzene rings is 2. The van der Waals surface area contributed by atoms with Gasteiger partial charge in [0.2, 0.25) is 0 Å². The maximum Gasteiger partial charge on any atom is 0.344 e. The highest BCUT2D eigenvalue weighted by atomic mass is 16.6. The third-order valence-corrected chi connectivity index (χ3v) is 4.30. The summed E-state index contributed by atoms with van der Waals surface area (Å²) < 4.78 is 10.6. The predicted molar refractivity (Wildman–Crippen MR) is 102 cm³/mol. The Labute approximate surface area is 158 Å². The Bertz CT molecular complexity index is 841. The van der Waals surface area contributed by atoms with Crippen molar-refractivity contribution in [3.63, 3.8) is 0 Å². The van der Waals surface area contributed by atoms with Crippen LogP contribution in [0, 0.1) is 13.8 Å². The molecule has 2 aromatic rings. The molecule has 1 aliphatic rings. The summed E-state index contributed by atoms with van der Waals surface area (Å²) in [6.45, 7) is 3.72. The second kappa shape index (κ2) is 8.49. The molecule has 0 bridgehead atoms. The zero-order valence-electron chi connectivity index (χ0n) is 15.5. The summed E-state index contributed by atoms with van der Waals surface area (Å²) >= 11 is 0. The van der Waals surface area contributed by atoms with Crippen LogP contribution in [0.4, 0.5) is 0 Å². The fourth-order valence-electron chi connectivity index (χ4n) is 2.89. The average molecular weight is 366 g/mol. The molecule has 0 atom stereocenters. The van der Waals surface area contributed by atoms with Crippen LogP contribution in [-0.2, 0) is 14.3 Å². The molecular weight excluding hydrogens is 344 g/mol. The highest BCUT2D eigenvalue weighted by Crippen LogP contribution is 2.22. The maximum atomic E-state index is 12.2. The standard InChI is InChI=1S/C21H22N2O4/c1-15-7-6-8-16(2)21(15)27-14-20(25)26-13-19(24)23-12-11-18(22-23)17-9-4-3-5-10-17/h3-10H,11-14H2,1-2H3. The van der Waals surface area contributed by atoms with E-state index in [9.17, 15) is 9.59 Å². The number of hydrazone groups is 1. The fraction of sp³-hybridized carbons (Fsp3) is 0.286. The molecule has 2 aromatic carbocycles. The number of ether oxygens (including phenoxy) is 2. The second-order valence-electron chi connectivity index (χ2n) is 6.35. The third kappa shape index (κ3) is 4.73. The molecular formula is C21H22N2O4. The second-order valence-corrected chi connectivity index (χ2v) is 6.35. The summed E-state index contributed by atoms with van der Waals surface area (Å²) in [6, 6.07) is 15.5. The van der Waals surface area contributed by atoms with Gasteiger partial charge in [-0.2, -0.15) is 5.10 Å². The van der Waals surface area contributed by atoms with Crippen LogP contribution < -0.4 is 4.74 Å². The number of hydrogen-bond donors (Lipinski definition) is 0. The molecule has 0 aliphatic carbocycles. The highest BCUT2D eigenvalue weighted by Gasteiger charge is 2.22. The van der Waals surface area contributed by atoms with Crippen molar-refractivity contribution in [2.75, 3.05) is 19.8 Å². The minimum atomic E-state index is -0.586. The molecule has 3 rings (SSSR count). The molecule has 6 nitrogen and oxygen atoms in total. The number of hydrogen-bond acceptors (Lipinski definition) is 5. The average Bonchev–Trinajstić information content (AvgIpc) is 3.17. The molecule has 1 heterocycles. The van der Waals surface area contributed by atoms with Crippen LogP contribution in [-0.4, -0.2) is 42.4 Å². The van der Waals surface area contributed by atoms with Gasteiger partial charge in [0.25, 0.3) is 5.91 Å². The van der Waals surface area contributed by atoms with Crippen molar-refractivity contribution in [3.8, 4) is 5.75 Å². The molecule has 27 heavy (non-hydrogen) atoms. The van der Waals surface area contributed by atoms with Gasteiger partial charge in [0.05, 0.1) is 12.3 Å². The van der Waals surface area contributed by atoms with Gasteiger partial charge in [-0.25, -0.2) is 9.80 Å². The molecule has 0 radical (unpaired) electrons. The first-order valence-electron chi connectivity index (χ1n) is 8.82. The van der Waals surface area contributed by atoms with E-state index in [1.807, 2.05) is 62.4 Å². The molecule has 0 N–H and O–H groups in total. The minimum Gasteiger partial charge on any atom is -0.481 e. The van der Waals surface area contributed by atoms with Crippen molar-refractivity contribution in [3.05, 3.63) is 65.2 Å². The van der Waals surface area contributed by atoms with Crippen LogP contribution in [0.2, 0.25) is 0 Å². The molecule has 0 unspecified atom stereocenters. The number of rotatable bonds is 6. The van der Waals surface area contributed by atoms with E-state index < -0.39 is 5.97 Å². The predicted octanol–water partition coefficient (Wildman–Crippen LogP) is 2.86. The highest BCUT2D eigenvalue weighted by molar-refractivity contribution is 6.02. The van der Waals surface area contributed by atoms with Gasteiger partial charge < -0.3 is 9.47 Å². The van der Waals surface area contributed by atoms with E-state index in [1.165, 1.54) is 5.01 Å². The van der Waals surface area contributed by atoms with E-state index in [2.05, 4.69) is 5.10 Å². The smallest absolute Gasteiger partial charge is 0.344 e. The lowest BCUT2D eigenvalue weighted by molar-refractivity contribution is -0.153. The number of amides is 1. The summed E-state index contributed by atoms with van der Waals surface area (Å²) in [4.78, 5) is 24.1. The third-order valence-electron chi connectivity index (χ3n) is 4.30. The zero-order valence-corrected chi connectivity index (χ0v) is 15.5. The molecule has 140 valence electrons. The topological polar surface area (TPSA) is 68.2 Å². The van der Waals surface area contributed by atoms with Gasteiger partial charge >= 0.3 is 5.97 Å². The largest absolute Gasteiger partial charge is 0.481 e. The van der Waals surface area contributed by atoms with Crippen molar-refractivity contribution in [1.29, 1.82) is 0 Å². The van der Waals surface area contributed by atoms with Crippen molar-refractivity contribution in [2.24, 2.45) is 5.10 Å². The molecule has 1 aliphatic heterocycles. The Morgan fingerprint density at radius 2 is 1.70 bits per heavy atom. The van der Waals surface area contributed by atoms with Gasteiger partial charge in [0.15, 0.2) is 13.2 Å². The first-order valence-corrected chi connectivity index (χ1v) is 8.82. The van der Waals surface area contributed by atoms with Gasteiger partial charge in [-0.1, -0.05) is 48.5 Å². The Morgan fingerprint density at radius 1 is 1.00 bits per heavy atom. The van der Waals surface area contributed by atoms with E-state index in [4.69, 9.17) is 9.47 Å². The van der Waals surface area contributed by atoms with E-state index in [0.29, 0.717) is 18.7 Å². The van der Waals surface area contributed by atoms with Crippen molar-refractivity contribution in [2.45, 2.75) is 20.3 Å². The summed E-state index contributed by atoms with van der Waals surface area (Å²) in [5, 5.41) is 5.68. The maximum absolute atomic E-state index is 12.2. The fourth-order valence-corrected chi connectivity index (χ4v) is 2.89. The Morgan fingerprint density at radius 3 is 2.41 bits per heavy atom. The first-order chi connectivity index (χ1) is 13.0. The quantitative estimate of drug-likeness (QED) is 0.737. The van der Waals surface area contributed by atoms with Crippen molar-refractivity contribution < 1.29 is 19.1 Å². The Kier molecular flexibility index (Phi) is 5.86. The lowest BCUT2D eigenvalue weighted by Gasteiger charge is -2.13. The molecule has 0 aromatic heterocycles.